The van der Waals surface area contributed by atoms with Crippen LogP contribution in [0.2, 0.25) is 0 Å². The monoisotopic (exact) mass is 220 g/mol. The van der Waals surface area contributed by atoms with Crippen LogP contribution in [0.4, 0.5) is 0 Å². The molecule has 1 aromatic carbocycles. The van der Waals surface area contributed by atoms with Crippen LogP contribution in [0.25, 0.3) is 0 Å². The molecule has 0 fully saturated rings. The number of rotatable bonds is 5. The van der Waals surface area contributed by atoms with Crippen molar-refractivity contribution in [3.8, 4) is 0 Å². The van der Waals surface area contributed by atoms with E-state index in [1.807, 2.05) is 19.9 Å². The average Bonchev–Trinajstić information content (AvgIpc) is 2.26. The Bertz CT molecular complexity index is 375. The second-order valence-corrected chi connectivity index (χ2v) is 3.83. The largest absolute Gasteiger partial charge is 0.355 e. The Balaban J connectivity index is 2.73. The van der Waals surface area contributed by atoms with Crippen molar-refractivity contribution in [2.45, 2.75) is 26.4 Å². The van der Waals surface area contributed by atoms with Gasteiger partial charge in [0.15, 0.2) is 0 Å². The molecule has 1 rings (SSSR count). The van der Waals surface area contributed by atoms with Crippen molar-refractivity contribution in [3.05, 3.63) is 35.4 Å². The Morgan fingerprint density at radius 2 is 2.19 bits per heavy atom. The van der Waals surface area contributed by atoms with E-state index in [2.05, 4.69) is 10.6 Å². The minimum absolute atomic E-state index is 0.0945. The van der Waals surface area contributed by atoms with Crippen molar-refractivity contribution in [3.63, 3.8) is 0 Å². The van der Waals surface area contributed by atoms with E-state index in [1.165, 1.54) is 0 Å². The van der Waals surface area contributed by atoms with Crippen LogP contribution in [-0.4, -0.2) is 18.4 Å². The first-order valence-corrected chi connectivity index (χ1v) is 5.20. The molecule has 0 saturated carbocycles. The normalized spacial score (nSPS) is 9.94. The molecule has 4 heteroatoms. The molecular weight excluding hydrogens is 204 g/mol. The van der Waals surface area contributed by atoms with Gasteiger partial charge in [-0.25, -0.2) is 0 Å². The highest BCUT2D eigenvalue weighted by Crippen LogP contribution is 2.05. The summed E-state index contributed by atoms with van der Waals surface area (Å²) in [6, 6.07) is 7.31. The van der Waals surface area contributed by atoms with Crippen LogP contribution in [-0.2, 0) is 11.3 Å². The van der Waals surface area contributed by atoms with Gasteiger partial charge in [-0.1, -0.05) is 12.1 Å². The Morgan fingerprint density at radius 1 is 1.44 bits per heavy atom. The second-order valence-electron chi connectivity index (χ2n) is 3.83. The molecule has 0 aliphatic rings. The number of amides is 2. The van der Waals surface area contributed by atoms with Crippen molar-refractivity contribution in [1.29, 1.82) is 0 Å². The standard InChI is InChI=1S/C12H16N2O2/c1-9(2)14-12(16)11-5-3-4-10(6-11)7-13-8-15/h3-6,8-9H,7H2,1-2H3,(H,13,15)(H,14,16). The third-order valence-corrected chi connectivity index (χ3v) is 2.00. The van der Waals surface area contributed by atoms with Gasteiger partial charge in [-0.3, -0.25) is 9.59 Å². The molecule has 16 heavy (non-hydrogen) atoms. The summed E-state index contributed by atoms with van der Waals surface area (Å²) < 4.78 is 0. The molecule has 0 bridgehead atoms. The lowest BCUT2D eigenvalue weighted by Crippen LogP contribution is -2.30. The highest BCUT2D eigenvalue weighted by Gasteiger charge is 2.06. The zero-order valence-electron chi connectivity index (χ0n) is 9.49. The lowest BCUT2D eigenvalue weighted by Gasteiger charge is -2.09. The number of carbonyl (C=O) groups is 2. The van der Waals surface area contributed by atoms with Gasteiger partial charge in [0.25, 0.3) is 5.91 Å². The van der Waals surface area contributed by atoms with Gasteiger partial charge < -0.3 is 10.6 Å². The van der Waals surface area contributed by atoms with Crippen LogP contribution in [0.3, 0.4) is 0 Å². The molecule has 1 aromatic rings. The summed E-state index contributed by atoms with van der Waals surface area (Å²) in [6.45, 7) is 4.26. The van der Waals surface area contributed by atoms with E-state index < -0.39 is 0 Å². The van der Waals surface area contributed by atoms with Crippen molar-refractivity contribution in [1.82, 2.24) is 10.6 Å². The summed E-state index contributed by atoms with van der Waals surface area (Å²) in [4.78, 5) is 21.8. The van der Waals surface area contributed by atoms with E-state index in [0.29, 0.717) is 18.5 Å². The lowest BCUT2D eigenvalue weighted by molar-refractivity contribution is -0.109. The van der Waals surface area contributed by atoms with E-state index in [9.17, 15) is 9.59 Å². The Hall–Kier alpha value is -1.84. The van der Waals surface area contributed by atoms with Crippen molar-refractivity contribution < 1.29 is 9.59 Å². The SMILES string of the molecule is CC(C)NC(=O)c1cccc(CNC=O)c1. The highest BCUT2D eigenvalue weighted by molar-refractivity contribution is 5.94. The minimum Gasteiger partial charge on any atom is -0.355 e. The van der Waals surface area contributed by atoms with Gasteiger partial charge in [-0.2, -0.15) is 0 Å². The molecule has 0 spiro atoms. The number of hydrogen-bond acceptors (Lipinski definition) is 2. The molecule has 0 aromatic heterocycles. The zero-order valence-corrected chi connectivity index (χ0v) is 9.49. The smallest absolute Gasteiger partial charge is 0.251 e. The van der Waals surface area contributed by atoms with E-state index >= 15 is 0 Å². The topological polar surface area (TPSA) is 58.2 Å². The maximum absolute atomic E-state index is 11.7. The predicted molar refractivity (Wildman–Crippen MR) is 61.9 cm³/mol. The van der Waals surface area contributed by atoms with Gasteiger partial charge in [-0.15, -0.1) is 0 Å². The van der Waals surface area contributed by atoms with Crippen LogP contribution >= 0.6 is 0 Å². The summed E-state index contributed by atoms with van der Waals surface area (Å²) in [5.74, 6) is -0.0945. The summed E-state index contributed by atoms with van der Waals surface area (Å²) in [6.07, 6.45) is 0.640. The van der Waals surface area contributed by atoms with Crippen LogP contribution in [0.1, 0.15) is 29.8 Å². The highest BCUT2D eigenvalue weighted by atomic mass is 16.1. The fourth-order valence-electron chi connectivity index (χ4n) is 1.33. The fourth-order valence-corrected chi connectivity index (χ4v) is 1.33. The van der Waals surface area contributed by atoms with Crippen LogP contribution in [0.15, 0.2) is 24.3 Å². The third kappa shape index (κ3) is 3.73. The maximum atomic E-state index is 11.7. The molecule has 0 atom stereocenters. The van der Waals surface area contributed by atoms with Gasteiger partial charge in [0, 0.05) is 18.2 Å². The first kappa shape index (κ1) is 12.2. The van der Waals surface area contributed by atoms with Gasteiger partial charge in [-0.05, 0) is 31.5 Å². The molecule has 4 nitrogen and oxygen atoms in total. The number of carbonyl (C=O) groups excluding carboxylic acids is 2. The Labute approximate surface area is 95.0 Å². The Kier molecular flexibility index (Phi) is 4.51. The van der Waals surface area contributed by atoms with Crippen LogP contribution < -0.4 is 10.6 Å². The quantitative estimate of drug-likeness (QED) is 0.729. The molecule has 0 radical (unpaired) electrons. The molecule has 0 aliphatic carbocycles. The van der Waals surface area contributed by atoms with Gasteiger partial charge in [0.1, 0.15) is 0 Å². The van der Waals surface area contributed by atoms with Crippen LogP contribution in [0, 0.1) is 0 Å². The van der Waals surface area contributed by atoms with Gasteiger partial charge >= 0.3 is 0 Å². The predicted octanol–water partition coefficient (Wildman–Crippen LogP) is 1.07. The van der Waals surface area contributed by atoms with E-state index in [-0.39, 0.29) is 11.9 Å². The van der Waals surface area contributed by atoms with E-state index in [1.54, 1.807) is 18.2 Å². The number of benzene rings is 1. The minimum atomic E-state index is -0.0945. The number of nitrogens with one attached hydrogen (secondary N) is 2. The third-order valence-electron chi connectivity index (χ3n) is 2.00. The summed E-state index contributed by atoms with van der Waals surface area (Å²) >= 11 is 0. The van der Waals surface area contributed by atoms with Crippen molar-refractivity contribution >= 4 is 12.3 Å². The molecule has 0 aliphatic heterocycles. The average molecular weight is 220 g/mol. The summed E-state index contributed by atoms with van der Waals surface area (Å²) in [5, 5.41) is 5.37. The lowest BCUT2D eigenvalue weighted by atomic mass is 10.1. The Morgan fingerprint density at radius 3 is 2.81 bits per heavy atom. The second kappa shape index (κ2) is 5.90. The number of hydrogen-bond donors (Lipinski definition) is 2. The van der Waals surface area contributed by atoms with E-state index in [4.69, 9.17) is 0 Å². The summed E-state index contributed by atoms with van der Waals surface area (Å²) in [5.41, 5.74) is 1.52. The molecule has 0 saturated heterocycles. The van der Waals surface area contributed by atoms with Crippen molar-refractivity contribution in [2.75, 3.05) is 0 Å². The van der Waals surface area contributed by atoms with Crippen LogP contribution in [0.5, 0.6) is 0 Å². The van der Waals surface area contributed by atoms with Gasteiger partial charge in [0.2, 0.25) is 6.41 Å². The molecular formula is C12H16N2O2. The fraction of sp³-hybridized carbons (Fsp3) is 0.333. The first-order chi connectivity index (χ1) is 7.63. The molecule has 86 valence electrons. The summed E-state index contributed by atoms with van der Waals surface area (Å²) in [7, 11) is 0. The van der Waals surface area contributed by atoms with Gasteiger partial charge in [0.05, 0.1) is 0 Å². The van der Waals surface area contributed by atoms with Crippen molar-refractivity contribution in [2.24, 2.45) is 0 Å². The molecule has 0 heterocycles. The zero-order chi connectivity index (χ0) is 12.0. The van der Waals surface area contributed by atoms with E-state index in [0.717, 1.165) is 5.56 Å². The molecule has 0 unspecified atom stereocenters. The maximum Gasteiger partial charge on any atom is 0.251 e. The molecule has 2 amide bonds. The first-order valence-electron chi connectivity index (χ1n) is 5.20. The molecule has 2 N–H and O–H groups in total.